The second-order valence-electron chi connectivity index (χ2n) is 4.84. The molecule has 23 heavy (non-hydrogen) atoms. The van der Waals surface area contributed by atoms with Gasteiger partial charge in [-0.1, -0.05) is 12.1 Å². The van der Waals surface area contributed by atoms with Crippen molar-refractivity contribution in [3.05, 3.63) is 29.3 Å². The Morgan fingerprint density at radius 1 is 1.52 bits per heavy atom. The molecule has 126 valence electrons. The molecule has 6 nitrogen and oxygen atoms in total. The third-order valence-corrected chi connectivity index (χ3v) is 6.44. The fourth-order valence-electron chi connectivity index (χ4n) is 2.08. The summed E-state index contributed by atoms with van der Waals surface area (Å²) in [7, 11) is 0. The predicted molar refractivity (Wildman–Crippen MR) is 112 cm³/mol. The van der Waals surface area contributed by atoms with Gasteiger partial charge in [-0.3, -0.25) is 4.99 Å². The molecule has 0 fully saturated rings. The number of rotatable bonds is 8. The highest BCUT2D eigenvalue weighted by atomic mass is 127. The molecule has 10 heteroatoms. The fourth-order valence-corrected chi connectivity index (χ4v) is 4.82. The maximum absolute atomic E-state index is 9.64. The molecule has 2 aromatic rings. The minimum Gasteiger partial charge on any atom is -0.370 e. The van der Waals surface area contributed by atoms with Crippen LogP contribution in [0.5, 0.6) is 0 Å². The number of hydrogen-bond acceptors (Lipinski definition) is 6. The van der Waals surface area contributed by atoms with Gasteiger partial charge in [0.25, 0.3) is 0 Å². The summed E-state index contributed by atoms with van der Waals surface area (Å²) in [6.07, 6.45) is 2.08. The van der Waals surface area contributed by atoms with Gasteiger partial charge >= 0.3 is 0 Å². The zero-order chi connectivity index (χ0) is 16.7. The van der Waals surface area contributed by atoms with Gasteiger partial charge in [-0.15, -0.1) is 11.3 Å². The van der Waals surface area contributed by atoms with Crippen LogP contribution < -0.4 is 16.6 Å². The van der Waals surface area contributed by atoms with Gasteiger partial charge in [-0.2, -0.15) is 0 Å². The third-order valence-electron chi connectivity index (χ3n) is 3.21. The van der Waals surface area contributed by atoms with Gasteiger partial charge in [0.05, 0.1) is 15.5 Å². The Morgan fingerprint density at radius 3 is 3.00 bits per heavy atom. The number of nitrogens with one attached hydrogen (secondary N) is 1. The number of nitrogens with zero attached hydrogens (tertiary/aromatic N) is 2. The quantitative estimate of drug-likeness (QED) is 0.114. The topological polar surface area (TPSA) is 110 Å². The molecule has 0 radical (unpaired) electrons. The van der Waals surface area contributed by atoms with Crippen molar-refractivity contribution in [3.8, 4) is 0 Å². The van der Waals surface area contributed by atoms with Gasteiger partial charge in [-0.25, -0.2) is 4.98 Å². The number of guanidine groups is 1. The van der Waals surface area contributed by atoms with E-state index in [0.29, 0.717) is 18.9 Å². The molecule has 0 aliphatic heterocycles. The van der Waals surface area contributed by atoms with Gasteiger partial charge < -0.3 is 21.1 Å². The Balaban J connectivity index is 1.93. The molecule has 0 spiro atoms. The van der Waals surface area contributed by atoms with E-state index in [1.165, 1.54) is 0 Å². The number of halogens is 1. The van der Waals surface area contributed by atoms with Crippen LogP contribution in [0.2, 0.25) is 0 Å². The predicted octanol–water partition coefficient (Wildman–Crippen LogP) is 3.50. The second-order valence-corrected chi connectivity index (χ2v) is 8.68. The summed E-state index contributed by atoms with van der Waals surface area (Å²) < 4.78 is 10.7. The Hall–Kier alpha value is -0.190. The lowest BCUT2D eigenvalue weighted by atomic mass is 10.1. The maximum Gasteiger partial charge on any atom is 0.192 e. The van der Waals surface area contributed by atoms with Crippen LogP contribution in [0.1, 0.15) is 23.1 Å². The van der Waals surface area contributed by atoms with E-state index >= 15 is 0 Å². The Kier molecular flexibility index (Phi) is 8.28. The molecule has 2 unspecified atom stereocenters. The zero-order valence-electron chi connectivity index (χ0n) is 12.3. The first-order valence-corrected chi connectivity index (χ1v) is 12.7. The van der Waals surface area contributed by atoms with Crippen molar-refractivity contribution in [1.29, 1.82) is 0 Å². The molecule has 0 bridgehead atoms. The van der Waals surface area contributed by atoms with E-state index in [1.807, 2.05) is 24.3 Å². The molecule has 1 heterocycles. The van der Waals surface area contributed by atoms with Crippen molar-refractivity contribution in [2.75, 3.05) is 6.54 Å². The van der Waals surface area contributed by atoms with Gasteiger partial charge in [0.1, 0.15) is 5.01 Å². The lowest BCUT2D eigenvalue weighted by Gasteiger charge is -2.18. The monoisotopic (exact) mass is 483 g/mol. The van der Waals surface area contributed by atoms with E-state index in [2.05, 4.69) is 37.1 Å². The average Bonchev–Trinajstić information content (AvgIpc) is 2.96. The smallest absolute Gasteiger partial charge is 0.192 e. The summed E-state index contributed by atoms with van der Waals surface area (Å²) in [6, 6.07) is 7.76. The number of thiazole rings is 1. The van der Waals surface area contributed by atoms with E-state index in [1.54, 1.807) is 11.3 Å². The summed E-state index contributed by atoms with van der Waals surface area (Å²) in [5.41, 5.74) is 12.9. The van der Waals surface area contributed by atoms with Crippen LogP contribution >= 0.6 is 51.8 Å². The molecule has 1 aromatic heterocycles. The average molecular weight is 483 g/mol. The van der Waals surface area contributed by atoms with E-state index in [4.69, 9.17) is 11.5 Å². The van der Waals surface area contributed by atoms with Crippen molar-refractivity contribution in [2.24, 2.45) is 16.5 Å². The molecule has 0 aliphatic rings. The summed E-state index contributed by atoms with van der Waals surface area (Å²) in [5, 5.41) is 3.61. The molecule has 2 rings (SSSR count). The number of fused-ring (bicyclic) bond motifs is 1. The summed E-state index contributed by atoms with van der Waals surface area (Å²) in [4.78, 5) is 8.81. The molecular formula is C13H19IN5OPS2. The van der Waals surface area contributed by atoms with Crippen molar-refractivity contribution < 1.29 is 4.55 Å². The molecule has 0 amide bonds. The lowest BCUT2D eigenvalue weighted by molar-refractivity contribution is 0.553. The molecule has 3 atom stereocenters. The molecule has 0 aliphatic carbocycles. The van der Waals surface area contributed by atoms with E-state index in [-0.39, 0.29) is 11.3 Å². The van der Waals surface area contributed by atoms with Gasteiger partial charge in [0, 0.05) is 19.0 Å². The normalized spacial score (nSPS) is 15.3. The molecule has 6 N–H and O–H groups in total. The number of para-hydroxylation sites is 1. The molecular weight excluding hydrogens is 464 g/mol. The first-order chi connectivity index (χ1) is 11.2. The van der Waals surface area contributed by atoms with E-state index in [9.17, 15) is 4.55 Å². The van der Waals surface area contributed by atoms with Crippen molar-refractivity contribution in [1.82, 2.24) is 10.1 Å². The standard InChI is InChI=1S/C13H19IN5OPS2/c14-21-19-13(16)17-7-3-4-8(15)11(23-20)12-18-9-5-1-2-6-10(9)22-12/h1-2,5-6,8,11,20-21H,3-4,7,15H2,(H3,16,17,19)/t8-,11?/m0/s1. The highest BCUT2D eigenvalue weighted by molar-refractivity contribution is 14.2. The van der Waals surface area contributed by atoms with Crippen LogP contribution in [0.25, 0.3) is 10.2 Å². The van der Waals surface area contributed by atoms with E-state index in [0.717, 1.165) is 40.1 Å². The minimum atomic E-state index is -0.220. The SMILES string of the molecule is NC(=NCCC[C@H](N)C(SO)c1nc2ccccc2s1)NPI. The number of nitrogens with two attached hydrogens (primary N) is 2. The Morgan fingerprint density at radius 2 is 2.30 bits per heavy atom. The fraction of sp³-hybridized carbons (Fsp3) is 0.385. The number of aliphatic imine (C=N–C) groups is 1. The third kappa shape index (κ3) is 5.68. The first kappa shape index (κ1) is 19.1. The van der Waals surface area contributed by atoms with Crippen LogP contribution in [0.3, 0.4) is 0 Å². The highest BCUT2D eigenvalue weighted by Gasteiger charge is 2.23. The first-order valence-electron chi connectivity index (χ1n) is 6.98. The van der Waals surface area contributed by atoms with Crippen molar-refractivity contribution >= 4 is 68.0 Å². The number of benzene rings is 1. The minimum absolute atomic E-state index is 0.179. The van der Waals surface area contributed by atoms with Crippen molar-refractivity contribution in [3.63, 3.8) is 0 Å². The van der Waals surface area contributed by atoms with Gasteiger partial charge in [0.15, 0.2) is 5.96 Å². The molecule has 0 saturated heterocycles. The molecule has 0 saturated carbocycles. The van der Waals surface area contributed by atoms with Crippen molar-refractivity contribution in [2.45, 2.75) is 24.1 Å². The maximum atomic E-state index is 9.64. The number of hydrogen-bond donors (Lipinski definition) is 4. The summed E-state index contributed by atoms with van der Waals surface area (Å²) in [5.74, 6) is 0.463. The van der Waals surface area contributed by atoms with E-state index < -0.39 is 0 Å². The van der Waals surface area contributed by atoms with Crippen LogP contribution in [0.4, 0.5) is 0 Å². The number of aromatic nitrogens is 1. The highest BCUT2D eigenvalue weighted by Crippen LogP contribution is 2.35. The largest absolute Gasteiger partial charge is 0.370 e. The van der Waals surface area contributed by atoms with Crippen LogP contribution in [-0.2, 0) is 0 Å². The van der Waals surface area contributed by atoms with Crippen LogP contribution in [-0.4, -0.2) is 28.1 Å². The zero-order valence-corrected chi connectivity index (χ0v) is 17.1. The van der Waals surface area contributed by atoms with Crippen LogP contribution in [0, 0.1) is 0 Å². The van der Waals surface area contributed by atoms with Gasteiger partial charge in [0.2, 0.25) is 0 Å². The lowest BCUT2D eigenvalue weighted by Crippen LogP contribution is -2.27. The van der Waals surface area contributed by atoms with Crippen LogP contribution in [0.15, 0.2) is 29.3 Å². The van der Waals surface area contributed by atoms with Gasteiger partial charge in [-0.05, 0) is 59.1 Å². The Labute approximate surface area is 158 Å². The summed E-state index contributed by atoms with van der Waals surface area (Å²) in [6.45, 7) is 0.621. The summed E-state index contributed by atoms with van der Waals surface area (Å²) >= 11 is 4.55. The molecule has 1 aromatic carbocycles. The second kappa shape index (κ2) is 9.95. The Bertz CT molecular complexity index is 623.